The van der Waals surface area contributed by atoms with E-state index in [2.05, 4.69) is 10.5 Å². The summed E-state index contributed by atoms with van der Waals surface area (Å²) in [4.78, 5) is 11.6. The van der Waals surface area contributed by atoms with E-state index in [1.165, 1.54) is 0 Å². The molecule has 2 aromatic carbocycles. The van der Waals surface area contributed by atoms with Gasteiger partial charge in [0.15, 0.2) is 6.61 Å². The van der Waals surface area contributed by atoms with E-state index in [1.807, 2.05) is 49.4 Å². The van der Waals surface area contributed by atoms with Crippen molar-refractivity contribution in [3.8, 4) is 11.5 Å². The zero-order valence-corrected chi connectivity index (χ0v) is 12.6. The average Bonchev–Trinajstić information content (AvgIpc) is 2.53. The summed E-state index contributed by atoms with van der Waals surface area (Å²) in [6.07, 6.45) is 1.55. The Bertz CT molecular complexity index is 668. The maximum absolute atomic E-state index is 11.6. The van der Waals surface area contributed by atoms with Gasteiger partial charge >= 0.3 is 0 Å². The van der Waals surface area contributed by atoms with Crippen LogP contribution in [0, 0.1) is 6.92 Å². The second kappa shape index (κ2) is 7.83. The molecule has 0 saturated carbocycles. The topological polar surface area (TPSA) is 59.9 Å². The number of rotatable bonds is 6. The molecule has 114 valence electrons. The van der Waals surface area contributed by atoms with Crippen LogP contribution in [0.3, 0.4) is 0 Å². The summed E-state index contributed by atoms with van der Waals surface area (Å²) in [5.41, 5.74) is 4.33. The van der Waals surface area contributed by atoms with Crippen LogP contribution in [0.25, 0.3) is 0 Å². The minimum absolute atomic E-state index is 0.0844. The highest BCUT2D eigenvalue weighted by molar-refractivity contribution is 5.83. The van der Waals surface area contributed by atoms with Crippen molar-refractivity contribution in [3.05, 3.63) is 59.7 Å². The van der Waals surface area contributed by atoms with Gasteiger partial charge in [-0.25, -0.2) is 5.43 Å². The zero-order valence-electron chi connectivity index (χ0n) is 12.6. The molecule has 0 spiro atoms. The highest BCUT2D eigenvalue weighted by Crippen LogP contribution is 2.12. The lowest BCUT2D eigenvalue weighted by Gasteiger charge is -2.05. The fourth-order valence-electron chi connectivity index (χ4n) is 1.79. The average molecular weight is 298 g/mol. The molecule has 0 aliphatic rings. The summed E-state index contributed by atoms with van der Waals surface area (Å²) in [7, 11) is 1.60. The van der Waals surface area contributed by atoms with Crippen LogP contribution in [0.1, 0.15) is 11.1 Å². The van der Waals surface area contributed by atoms with Gasteiger partial charge in [-0.2, -0.15) is 5.10 Å². The summed E-state index contributed by atoms with van der Waals surface area (Å²) >= 11 is 0. The van der Waals surface area contributed by atoms with Crippen LogP contribution < -0.4 is 14.9 Å². The predicted octanol–water partition coefficient (Wildman–Crippen LogP) is 2.53. The Morgan fingerprint density at radius 3 is 2.73 bits per heavy atom. The van der Waals surface area contributed by atoms with Gasteiger partial charge in [0.1, 0.15) is 11.5 Å². The molecule has 0 saturated heterocycles. The highest BCUT2D eigenvalue weighted by Gasteiger charge is 2.01. The third-order valence-electron chi connectivity index (χ3n) is 2.86. The number of amides is 1. The Morgan fingerprint density at radius 2 is 1.95 bits per heavy atom. The first-order valence-corrected chi connectivity index (χ1v) is 6.83. The third kappa shape index (κ3) is 4.94. The normalized spacial score (nSPS) is 10.5. The van der Waals surface area contributed by atoms with Crippen molar-refractivity contribution in [3.63, 3.8) is 0 Å². The first kappa shape index (κ1) is 15.6. The van der Waals surface area contributed by atoms with Gasteiger partial charge in [0.2, 0.25) is 0 Å². The molecule has 0 heterocycles. The van der Waals surface area contributed by atoms with E-state index < -0.39 is 0 Å². The summed E-state index contributed by atoms with van der Waals surface area (Å²) < 4.78 is 10.5. The number of aryl methyl sites for hydroxylation is 1. The summed E-state index contributed by atoms with van der Waals surface area (Å²) in [5, 5.41) is 3.89. The second-order valence-corrected chi connectivity index (χ2v) is 4.67. The van der Waals surface area contributed by atoms with E-state index >= 15 is 0 Å². The number of nitrogens with zero attached hydrogens (tertiary/aromatic N) is 1. The molecule has 0 unspecified atom stereocenters. The Balaban J connectivity index is 1.81. The molecule has 0 bridgehead atoms. The molecule has 22 heavy (non-hydrogen) atoms. The molecule has 0 aromatic heterocycles. The van der Waals surface area contributed by atoms with Crippen LogP contribution in [0.2, 0.25) is 0 Å². The largest absolute Gasteiger partial charge is 0.497 e. The van der Waals surface area contributed by atoms with Crippen LogP contribution in [0.4, 0.5) is 0 Å². The molecule has 0 aliphatic carbocycles. The second-order valence-electron chi connectivity index (χ2n) is 4.67. The maximum atomic E-state index is 11.6. The smallest absolute Gasteiger partial charge is 0.277 e. The minimum Gasteiger partial charge on any atom is -0.497 e. The Morgan fingerprint density at radius 1 is 1.18 bits per heavy atom. The molecule has 1 N–H and O–H groups in total. The Labute approximate surface area is 129 Å². The SMILES string of the molecule is COc1cccc(/C=N/NC(=O)COc2cccc(C)c2)c1. The summed E-state index contributed by atoms with van der Waals surface area (Å²) in [6, 6.07) is 14.9. The van der Waals surface area contributed by atoms with Gasteiger partial charge < -0.3 is 9.47 Å². The molecular formula is C17H18N2O3. The van der Waals surface area contributed by atoms with E-state index in [0.717, 1.165) is 16.9 Å². The lowest BCUT2D eigenvalue weighted by molar-refractivity contribution is -0.123. The van der Waals surface area contributed by atoms with Crippen molar-refractivity contribution in [1.82, 2.24) is 5.43 Å². The summed E-state index contributed by atoms with van der Waals surface area (Å²) in [6.45, 7) is 1.88. The number of ether oxygens (including phenoxy) is 2. The molecule has 5 heteroatoms. The van der Waals surface area contributed by atoms with E-state index in [0.29, 0.717) is 5.75 Å². The van der Waals surface area contributed by atoms with Gasteiger partial charge in [0, 0.05) is 0 Å². The van der Waals surface area contributed by atoms with Crippen molar-refractivity contribution >= 4 is 12.1 Å². The first-order valence-electron chi connectivity index (χ1n) is 6.83. The third-order valence-corrected chi connectivity index (χ3v) is 2.86. The van der Waals surface area contributed by atoms with Crippen molar-refractivity contribution in [2.24, 2.45) is 5.10 Å². The Hall–Kier alpha value is -2.82. The number of hydrogen-bond donors (Lipinski definition) is 1. The van der Waals surface area contributed by atoms with Crippen LogP contribution in [0.5, 0.6) is 11.5 Å². The van der Waals surface area contributed by atoms with Crippen molar-refractivity contribution < 1.29 is 14.3 Å². The van der Waals surface area contributed by atoms with Crippen LogP contribution in [0.15, 0.2) is 53.6 Å². The van der Waals surface area contributed by atoms with E-state index in [1.54, 1.807) is 19.4 Å². The number of nitrogens with one attached hydrogen (secondary N) is 1. The summed E-state index contributed by atoms with van der Waals surface area (Å²) in [5.74, 6) is 1.07. The van der Waals surface area contributed by atoms with Gasteiger partial charge in [-0.15, -0.1) is 0 Å². The fraction of sp³-hybridized carbons (Fsp3) is 0.176. The van der Waals surface area contributed by atoms with E-state index in [-0.39, 0.29) is 12.5 Å². The number of hydrazone groups is 1. The van der Waals surface area contributed by atoms with Crippen LogP contribution >= 0.6 is 0 Å². The van der Waals surface area contributed by atoms with Gasteiger partial charge in [0.25, 0.3) is 5.91 Å². The molecule has 0 atom stereocenters. The molecule has 5 nitrogen and oxygen atoms in total. The first-order chi connectivity index (χ1) is 10.7. The molecule has 0 fully saturated rings. The van der Waals surface area contributed by atoms with Crippen molar-refractivity contribution in [2.75, 3.05) is 13.7 Å². The highest BCUT2D eigenvalue weighted by atomic mass is 16.5. The molecule has 2 rings (SSSR count). The van der Waals surface area contributed by atoms with E-state index in [9.17, 15) is 4.79 Å². The zero-order chi connectivity index (χ0) is 15.8. The van der Waals surface area contributed by atoms with Gasteiger partial charge in [-0.05, 0) is 42.3 Å². The predicted molar refractivity (Wildman–Crippen MR) is 85.4 cm³/mol. The molecule has 0 radical (unpaired) electrons. The monoisotopic (exact) mass is 298 g/mol. The fourth-order valence-corrected chi connectivity index (χ4v) is 1.79. The quantitative estimate of drug-likeness (QED) is 0.658. The maximum Gasteiger partial charge on any atom is 0.277 e. The van der Waals surface area contributed by atoms with Crippen LogP contribution in [-0.4, -0.2) is 25.8 Å². The molecule has 1 amide bonds. The lowest BCUT2D eigenvalue weighted by Crippen LogP contribution is -2.24. The lowest BCUT2D eigenvalue weighted by atomic mass is 10.2. The standard InChI is InChI=1S/C17H18N2O3/c1-13-5-3-8-16(9-13)22-12-17(20)19-18-11-14-6-4-7-15(10-14)21-2/h3-11H,12H2,1-2H3,(H,19,20)/b18-11+. The van der Waals surface area contributed by atoms with Gasteiger partial charge in [-0.3, -0.25) is 4.79 Å². The molecular weight excluding hydrogens is 280 g/mol. The van der Waals surface area contributed by atoms with Gasteiger partial charge in [0.05, 0.1) is 13.3 Å². The number of benzene rings is 2. The number of methoxy groups -OCH3 is 1. The number of carbonyl (C=O) groups excluding carboxylic acids is 1. The molecule has 2 aromatic rings. The minimum atomic E-state index is -0.319. The van der Waals surface area contributed by atoms with E-state index in [4.69, 9.17) is 9.47 Å². The van der Waals surface area contributed by atoms with Crippen molar-refractivity contribution in [1.29, 1.82) is 0 Å². The molecule has 0 aliphatic heterocycles. The number of hydrogen-bond acceptors (Lipinski definition) is 4. The van der Waals surface area contributed by atoms with Crippen LogP contribution in [-0.2, 0) is 4.79 Å². The van der Waals surface area contributed by atoms with Gasteiger partial charge in [-0.1, -0.05) is 24.3 Å². The van der Waals surface area contributed by atoms with Crippen molar-refractivity contribution in [2.45, 2.75) is 6.92 Å². The number of carbonyl (C=O) groups is 1. The Kier molecular flexibility index (Phi) is 5.54.